The van der Waals surface area contributed by atoms with Crippen molar-refractivity contribution in [3.8, 4) is 0 Å². The molecule has 0 atom stereocenters. The van der Waals surface area contributed by atoms with Crippen molar-refractivity contribution in [2.24, 2.45) is 0 Å². The minimum Gasteiger partial charge on any atom is -0.345 e. The van der Waals surface area contributed by atoms with Gasteiger partial charge in [-0.05, 0) is 37.3 Å². The molecule has 7 nitrogen and oxygen atoms in total. The van der Waals surface area contributed by atoms with Crippen molar-refractivity contribution < 1.29 is 9.59 Å². The highest BCUT2D eigenvalue weighted by molar-refractivity contribution is 6.30. The molecule has 1 N–H and O–H groups in total. The molecule has 2 amide bonds. The number of aryl methyl sites for hydroxylation is 1. The summed E-state index contributed by atoms with van der Waals surface area (Å²) in [7, 11) is 0. The van der Waals surface area contributed by atoms with Gasteiger partial charge in [0.05, 0.1) is 5.39 Å². The molecule has 0 bridgehead atoms. The van der Waals surface area contributed by atoms with Gasteiger partial charge in [-0.2, -0.15) is 0 Å². The molecule has 0 radical (unpaired) electrons. The lowest BCUT2D eigenvalue weighted by molar-refractivity contribution is 0.0534. The summed E-state index contributed by atoms with van der Waals surface area (Å²) >= 11 is 5.96. The van der Waals surface area contributed by atoms with E-state index in [1.165, 1.54) is 6.20 Å². The molecule has 1 fully saturated rings. The van der Waals surface area contributed by atoms with E-state index in [0.29, 0.717) is 47.8 Å². The Morgan fingerprint density at radius 3 is 2.41 bits per heavy atom. The van der Waals surface area contributed by atoms with Gasteiger partial charge in [-0.25, -0.2) is 4.98 Å². The zero-order valence-electron chi connectivity index (χ0n) is 15.8. The third-order valence-electron chi connectivity index (χ3n) is 5.03. The second kappa shape index (κ2) is 7.67. The zero-order chi connectivity index (χ0) is 20.5. The Kier molecular flexibility index (Phi) is 5.07. The lowest BCUT2D eigenvalue weighted by Gasteiger charge is -2.34. The second-order valence-electron chi connectivity index (χ2n) is 6.98. The molecule has 4 rings (SSSR count). The number of carbonyl (C=O) groups is 2. The quantitative estimate of drug-likeness (QED) is 0.703. The molecule has 0 unspecified atom stereocenters. The van der Waals surface area contributed by atoms with Gasteiger partial charge in [0, 0.05) is 48.7 Å². The Bertz CT molecular complexity index is 1170. The number of fused-ring (bicyclic) bond motifs is 1. The van der Waals surface area contributed by atoms with E-state index in [1.807, 2.05) is 6.92 Å². The highest BCUT2D eigenvalue weighted by Crippen LogP contribution is 2.15. The number of amides is 2. The highest BCUT2D eigenvalue weighted by Gasteiger charge is 2.27. The summed E-state index contributed by atoms with van der Waals surface area (Å²) in [6.45, 7) is 3.33. The average molecular weight is 411 g/mol. The molecule has 3 heterocycles. The first-order valence-corrected chi connectivity index (χ1v) is 9.65. The maximum absolute atomic E-state index is 12.9. The number of H-pyrrole nitrogens is 1. The number of nitrogens with one attached hydrogen (secondary N) is 1. The van der Waals surface area contributed by atoms with Crippen molar-refractivity contribution in [2.45, 2.75) is 6.92 Å². The van der Waals surface area contributed by atoms with Crippen LogP contribution in [0.4, 0.5) is 0 Å². The first-order chi connectivity index (χ1) is 13.9. The Hall–Kier alpha value is -3.19. The van der Waals surface area contributed by atoms with Crippen LogP contribution in [-0.2, 0) is 0 Å². The first kappa shape index (κ1) is 19.1. The van der Waals surface area contributed by atoms with E-state index in [-0.39, 0.29) is 22.8 Å². The van der Waals surface area contributed by atoms with E-state index in [4.69, 9.17) is 11.6 Å². The topological polar surface area (TPSA) is 86.4 Å². The summed E-state index contributed by atoms with van der Waals surface area (Å²) in [5, 5.41) is 0.890. The molecule has 0 spiro atoms. The Balaban J connectivity index is 1.49. The van der Waals surface area contributed by atoms with Crippen LogP contribution in [0.5, 0.6) is 0 Å². The predicted molar refractivity (Wildman–Crippen MR) is 110 cm³/mol. The maximum Gasteiger partial charge on any atom is 0.259 e. The molecule has 148 valence electrons. The van der Waals surface area contributed by atoms with E-state index < -0.39 is 0 Å². The number of hydrogen-bond donors (Lipinski definition) is 1. The molecule has 1 aliphatic heterocycles. The SMILES string of the molecule is Cc1ccc2c(=O)c(C(=O)N3CCN(C(=O)c4cccc(Cl)c4)CC3)c[nH]c2n1. The van der Waals surface area contributed by atoms with E-state index in [1.54, 1.807) is 46.2 Å². The summed E-state index contributed by atoms with van der Waals surface area (Å²) in [5.41, 5.74) is 1.51. The van der Waals surface area contributed by atoms with Crippen LogP contribution in [0.3, 0.4) is 0 Å². The summed E-state index contributed by atoms with van der Waals surface area (Å²) in [4.78, 5) is 48.7. The van der Waals surface area contributed by atoms with Crippen LogP contribution in [0.1, 0.15) is 26.4 Å². The zero-order valence-corrected chi connectivity index (χ0v) is 16.6. The van der Waals surface area contributed by atoms with Crippen LogP contribution in [0.25, 0.3) is 11.0 Å². The van der Waals surface area contributed by atoms with Crippen LogP contribution in [0.15, 0.2) is 47.4 Å². The van der Waals surface area contributed by atoms with Gasteiger partial charge < -0.3 is 14.8 Å². The van der Waals surface area contributed by atoms with E-state index in [9.17, 15) is 14.4 Å². The standard InChI is InChI=1S/C21H19ClN4O3/c1-13-5-6-16-18(27)17(12-23-19(16)24-13)21(29)26-9-7-25(8-10-26)20(28)14-3-2-4-15(22)11-14/h2-6,11-12H,7-10H2,1H3,(H,23,24,27). The number of rotatable bonds is 2. The monoisotopic (exact) mass is 410 g/mol. The van der Waals surface area contributed by atoms with Crippen molar-refractivity contribution in [3.63, 3.8) is 0 Å². The van der Waals surface area contributed by atoms with Crippen molar-refractivity contribution in [1.29, 1.82) is 0 Å². The Labute approximate surface area is 171 Å². The number of carbonyl (C=O) groups excluding carboxylic acids is 2. The minimum absolute atomic E-state index is 0.0813. The summed E-state index contributed by atoms with van der Waals surface area (Å²) in [5.74, 6) is -0.465. The van der Waals surface area contributed by atoms with Gasteiger partial charge in [0.15, 0.2) is 0 Å². The van der Waals surface area contributed by atoms with Gasteiger partial charge >= 0.3 is 0 Å². The predicted octanol–water partition coefficient (Wildman–Crippen LogP) is 2.48. The van der Waals surface area contributed by atoms with E-state index >= 15 is 0 Å². The first-order valence-electron chi connectivity index (χ1n) is 9.27. The van der Waals surface area contributed by atoms with E-state index in [0.717, 1.165) is 5.69 Å². The number of piperazine rings is 1. The fraction of sp³-hybridized carbons (Fsp3) is 0.238. The number of benzene rings is 1. The van der Waals surface area contributed by atoms with Crippen molar-refractivity contribution in [2.75, 3.05) is 26.2 Å². The van der Waals surface area contributed by atoms with Crippen molar-refractivity contribution >= 4 is 34.4 Å². The molecule has 3 aromatic rings. The lowest BCUT2D eigenvalue weighted by Crippen LogP contribution is -2.51. The fourth-order valence-corrected chi connectivity index (χ4v) is 3.64. The molecule has 1 saturated heterocycles. The summed E-state index contributed by atoms with van der Waals surface area (Å²) < 4.78 is 0. The van der Waals surface area contributed by atoms with Gasteiger partial charge in [0.2, 0.25) is 5.43 Å². The summed E-state index contributed by atoms with van der Waals surface area (Å²) in [6, 6.07) is 10.2. The van der Waals surface area contributed by atoms with Gasteiger partial charge in [-0.1, -0.05) is 17.7 Å². The number of halogens is 1. The molecule has 29 heavy (non-hydrogen) atoms. The fourth-order valence-electron chi connectivity index (χ4n) is 3.45. The van der Waals surface area contributed by atoms with Crippen LogP contribution in [-0.4, -0.2) is 57.8 Å². The molecule has 0 saturated carbocycles. The highest BCUT2D eigenvalue weighted by atomic mass is 35.5. The lowest BCUT2D eigenvalue weighted by atomic mass is 10.1. The molecule has 2 aromatic heterocycles. The maximum atomic E-state index is 12.9. The minimum atomic E-state index is -0.344. The number of nitrogens with zero attached hydrogens (tertiary/aromatic N) is 3. The number of pyridine rings is 2. The van der Waals surface area contributed by atoms with Gasteiger partial charge in [-0.15, -0.1) is 0 Å². The largest absolute Gasteiger partial charge is 0.345 e. The molecular formula is C21H19ClN4O3. The van der Waals surface area contributed by atoms with Crippen LogP contribution >= 0.6 is 11.6 Å². The van der Waals surface area contributed by atoms with Gasteiger partial charge in [0.25, 0.3) is 11.8 Å². The molecule has 0 aliphatic carbocycles. The number of aromatic nitrogens is 2. The third kappa shape index (κ3) is 3.73. The normalized spacial score (nSPS) is 14.3. The number of hydrogen-bond acceptors (Lipinski definition) is 4. The Morgan fingerprint density at radius 2 is 1.72 bits per heavy atom. The molecule has 1 aromatic carbocycles. The average Bonchev–Trinajstić information content (AvgIpc) is 2.73. The molecular weight excluding hydrogens is 392 g/mol. The Morgan fingerprint density at radius 1 is 1.03 bits per heavy atom. The third-order valence-corrected chi connectivity index (χ3v) is 5.27. The molecule has 1 aliphatic rings. The van der Waals surface area contributed by atoms with Gasteiger partial charge in [-0.3, -0.25) is 14.4 Å². The van der Waals surface area contributed by atoms with Crippen LogP contribution in [0, 0.1) is 6.92 Å². The summed E-state index contributed by atoms with van der Waals surface area (Å²) in [6.07, 6.45) is 1.42. The number of aromatic amines is 1. The van der Waals surface area contributed by atoms with Crippen molar-refractivity contribution in [1.82, 2.24) is 19.8 Å². The van der Waals surface area contributed by atoms with Crippen molar-refractivity contribution in [3.05, 3.63) is 74.7 Å². The van der Waals surface area contributed by atoms with Crippen LogP contribution in [0.2, 0.25) is 5.02 Å². The van der Waals surface area contributed by atoms with E-state index in [2.05, 4.69) is 9.97 Å². The van der Waals surface area contributed by atoms with Crippen LogP contribution < -0.4 is 5.43 Å². The van der Waals surface area contributed by atoms with Gasteiger partial charge in [0.1, 0.15) is 11.2 Å². The molecule has 8 heteroatoms. The smallest absolute Gasteiger partial charge is 0.259 e. The second-order valence-corrected chi connectivity index (χ2v) is 7.41.